The number of ether oxygens (including phenoxy) is 2. The van der Waals surface area contributed by atoms with E-state index in [1.54, 1.807) is 25.1 Å². The first-order valence-electron chi connectivity index (χ1n) is 7.29. The summed E-state index contributed by atoms with van der Waals surface area (Å²) < 4.78 is 10.2. The predicted molar refractivity (Wildman–Crippen MR) is 97.9 cm³/mol. The number of hydrazone groups is 1. The summed E-state index contributed by atoms with van der Waals surface area (Å²) in [7, 11) is 0. The molecule has 10 heteroatoms. The summed E-state index contributed by atoms with van der Waals surface area (Å²) >= 11 is 12.0. The Bertz CT molecular complexity index is 837. The van der Waals surface area contributed by atoms with Crippen molar-refractivity contribution in [3.8, 4) is 5.75 Å². The monoisotopic (exact) mass is 397 g/mol. The lowest BCUT2D eigenvalue weighted by Gasteiger charge is -2.10. The number of benzene rings is 2. The van der Waals surface area contributed by atoms with Crippen molar-refractivity contribution >= 4 is 46.4 Å². The van der Waals surface area contributed by atoms with Gasteiger partial charge in [0.05, 0.1) is 33.3 Å². The molecule has 0 unspecified atom stereocenters. The van der Waals surface area contributed by atoms with Crippen LogP contribution >= 0.6 is 23.2 Å². The van der Waals surface area contributed by atoms with Crippen molar-refractivity contribution in [1.82, 2.24) is 0 Å². The average Bonchev–Trinajstić information content (AvgIpc) is 2.60. The molecule has 0 bridgehead atoms. The van der Waals surface area contributed by atoms with Gasteiger partial charge in [-0.15, -0.1) is 5.10 Å². The van der Waals surface area contributed by atoms with E-state index in [0.29, 0.717) is 0 Å². The molecule has 0 heterocycles. The van der Waals surface area contributed by atoms with Crippen LogP contribution in [0, 0.1) is 10.1 Å². The third-order valence-corrected chi connectivity index (χ3v) is 3.55. The number of rotatable bonds is 5. The molecule has 26 heavy (non-hydrogen) atoms. The number of anilines is 1. The van der Waals surface area contributed by atoms with Crippen molar-refractivity contribution in [1.29, 1.82) is 0 Å². The van der Waals surface area contributed by atoms with Crippen LogP contribution < -0.4 is 10.2 Å². The lowest BCUT2D eigenvalue weighted by atomic mass is 10.3. The Morgan fingerprint density at radius 1 is 1.23 bits per heavy atom. The van der Waals surface area contributed by atoms with Crippen LogP contribution in [0.4, 0.5) is 11.4 Å². The van der Waals surface area contributed by atoms with E-state index in [4.69, 9.17) is 32.7 Å². The van der Waals surface area contributed by atoms with Gasteiger partial charge < -0.3 is 9.47 Å². The summed E-state index contributed by atoms with van der Waals surface area (Å²) in [5.41, 5.74) is 2.61. The average molecular weight is 398 g/mol. The van der Waals surface area contributed by atoms with Gasteiger partial charge in [0.2, 0.25) is 0 Å². The quantitative estimate of drug-likeness (QED) is 0.265. The Morgan fingerprint density at radius 2 is 1.88 bits per heavy atom. The van der Waals surface area contributed by atoms with Gasteiger partial charge in [-0.3, -0.25) is 15.5 Å². The van der Waals surface area contributed by atoms with Crippen molar-refractivity contribution in [2.45, 2.75) is 6.92 Å². The van der Waals surface area contributed by atoms with Gasteiger partial charge >= 0.3 is 11.9 Å². The van der Waals surface area contributed by atoms with Crippen molar-refractivity contribution < 1.29 is 19.2 Å². The fourth-order valence-corrected chi connectivity index (χ4v) is 2.27. The van der Waals surface area contributed by atoms with E-state index in [1.807, 2.05) is 0 Å². The van der Waals surface area contributed by atoms with Gasteiger partial charge in [-0.05, 0) is 25.1 Å². The van der Waals surface area contributed by atoms with Gasteiger partial charge in [0.15, 0.2) is 0 Å². The lowest BCUT2D eigenvalue weighted by Crippen LogP contribution is -2.24. The zero-order valence-corrected chi connectivity index (χ0v) is 15.0. The normalized spacial score (nSPS) is 11.0. The molecule has 0 radical (unpaired) electrons. The van der Waals surface area contributed by atoms with Crippen LogP contribution in [0.3, 0.4) is 0 Å². The minimum absolute atomic E-state index is 0.0399. The highest BCUT2D eigenvalue weighted by molar-refractivity contribution is 6.39. The molecule has 8 nitrogen and oxygen atoms in total. The van der Waals surface area contributed by atoms with Gasteiger partial charge in [-0.1, -0.05) is 35.3 Å². The molecule has 1 N–H and O–H groups in total. The van der Waals surface area contributed by atoms with Crippen LogP contribution in [-0.2, 0) is 9.53 Å². The van der Waals surface area contributed by atoms with E-state index in [2.05, 4.69) is 10.5 Å². The van der Waals surface area contributed by atoms with Crippen LogP contribution in [0.2, 0.25) is 10.0 Å². The zero-order chi connectivity index (χ0) is 19.1. The summed E-state index contributed by atoms with van der Waals surface area (Å²) in [5.74, 6) is -1.30. The van der Waals surface area contributed by atoms with E-state index >= 15 is 0 Å². The van der Waals surface area contributed by atoms with Gasteiger partial charge in [0, 0.05) is 6.07 Å². The van der Waals surface area contributed by atoms with E-state index in [9.17, 15) is 14.9 Å². The SMILES string of the molecule is CCOC(=O)C(=NNc1c(Cl)cccc1Cl)Oc1cccc([N+](=O)[O-])c1. The molecule has 0 aromatic heterocycles. The molecular weight excluding hydrogens is 385 g/mol. The summed E-state index contributed by atoms with van der Waals surface area (Å²) in [5, 5.41) is 15.2. The molecule has 0 aliphatic rings. The molecule has 0 saturated heterocycles. The second-order valence-corrected chi connectivity index (χ2v) is 5.52. The molecule has 0 aliphatic carbocycles. The molecule has 0 amide bonds. The fraction of sp³-hybridized carbons (Fsp3) is 0.125. The smallest absolute Gasteiger partial charge is 0.396 e. The number of nitro groups is 1. The maximum atomic E-state index is 12.0. The number of nitrogens with one attached hydrogen (secondary N) is 1. The first kappa shape index (κ1) is 19.5. The Balaban J connectivity index is 2.30. The van der Waals surface area contributed by atoms with Crippen molar-refractivity contribution in [2.24, 2.45) is 5.10 Å². The standard InChI is InChI=1S/C16H13Cl2N3O5/c1-2-25-16(22)15(20-19-14-12(17)7-4-8-13(14)18)26-11-6-3-5-10(9-11)21(23)24/h3-9,19H,2H2,1H3. The van der Waals surface area contributed by atoms with Crippen LogP contribution in [0.15, 0.2) is 47.6 Å². The first-order chi connectivity index (χ1) is 12.4. The molecular formula is C16H13Cl2N3O5. The predicted octanol–water partition coefficient (Wildman–Crippen LogP) is 4.27. The number of esters is 1. The summed E-state index contributed by atoms with van der Waals surface area (Å²) in [6.07, 6.45) is 0. The topological polar surface area (TPSA) is 103 Å². The molecule has 0 atom stereocenters. The number of nitrogens with zero attached hydrogens (tertiary/aromatic N) is 2. The molecule has 2 rings (SSSR count). The maximum Gasteiger partial charge on any atom is 0.396 e. The minimum atomic E-state index is -0.866. The van der Waals surface area contributed by atoms with Crippen LogP contribution in [0.5, 0.6) is 5.75 Å². The van der Waals surface area contributed by atoms with Crippen molar-refractivity contribution in [2.75, 3.05) is 12.0 Å². The van der Waals surface area contributed by atoms with E-state index in [1.165, 1.54) is 18.2 Å². The number of nitro benzene ring substituents is 1. The molecule has 0 aliphatic heterocycles. The number of hydrogen-bond acceptors (Lipinski definition) is 7. The van der Waals surface area contributed by atoms with Crippen molar-refractivity contribution in [3.05, 3.63) is 62.6 Å². The third-order valence-electron chi connectivity index (χ3n) is 2.93. The summed E-state index contributed by atoms with van der Waals surface area (Å²) in [6, 6.07) is 10.1. The highest BCUT2D eigenvalue weighted by atomic mass is 35.5. The van der Waals surface area contributed by atoms with Crippen LogP contribution in [-0.4, -0.2) is 23.4 Å². The van der Waals surface area contributed by atoms with E-state index in [-0.39, 0.29) is 33.8 Å². The zero-order valence-electron chi connectivity index (χ0n) is 13.4. The summed E-state index contributed by atoms with van der Waals surface area (Å²) in [6.45, 7) is 1.70. The van der Waals surface area contributed by atoms with Gasteiger partial charge in [-0.25, -0.2) is 4.79 Å². The minimum Gasteiger partial charge on any atom is -0.459 e. The number of carbonyl (C=O) groups excluding carboxylic acids is 1. The molecule has 0 saturated carbocycles. The fourth-order valence-electron chi connectivity index (χ4n) is 1.79. The van der Waals surface area contributed by atoms with Crippen LogP contribution in [0.1, 0.15) is 6.92 Å². The lowest BCUT2D eigenvalue weighted by molar-refractivity contribution is -0.384. The van der Waals surface area contributed by atoms with Gasteiger partial charge in [-0.2, -0.15) is 0 Å². The largest absolute Gasteiger partial charge is 0.459 e. The molecule has 2 aromatic carbocycles. The Morgan fingerprint density at radius 3 is 2.50 bits per heavy atom. The first-order valence-corrected chi connectivity index (χ1v) is 8.05. The van der Waals surface area contributed by atoms with E-state index in [0.717, 1.165) is 6.07 Å². The number of hydrogen-bond donors (Lipinski definition) is 1. The number of para-hydroxylation sites is 1. The number of carbonyl (C=O) groups is 1. The summed E-state index contributed by atoms with van der Waals surface area (Å²) in [4.78, 5) is 22.3. The second-order valence-electron chi connectivity index (χ2n) is 4.70. The maximum absolute atomic E-state index is 12.0. The van der Waals surface area contributed by atoms with Crippen LogP contribution in [0.25, 0.3) is 0 Å². The molecule has 2 aromatic rings. The third kappa shape index (κ3) is 5.08. The molecule has 136 valence electrons. The van der Waals surface area contributed by atoms with E-state index < -0.39 is 16.8 Å². The van der Waals surface area contributed by atoms with Crippen molar-refractivity contribution in [3.63, 3.8) is 0 Å². The molecule has 0 fully saturated rings. The highest BCUT2D eigenvalue weighted by Crippen LogP contribution is 2.29. The second kappa shape index (κ2) is 9.02. The molecule has 0 spiro atoms. The Labute approximate surface area is 158 Å². The Kier molecular flexibility index (Phi) is 6.76. The van der Waals surface area contributed by atoms with Gasteiger partial charge in [0.25, 0.3) is 5.69 Å². The number of non-ortho nitro benzene ring substituents is 1. The van der Waals surface area contributed by atoms with Gasteiger partial charge in [0.1, 0.15) is 5.75 Å². The Hall–Kier alpha value is -2.84. The highest BCUT2D eigenvalue weighted by Gasteiger charge is 2.18. The number of halogens is 2.